The third-order valence-corrected chi connectivity index (χ3v) is 3.39. The number of hydrogen-bond acceptors (Lipinski definition) is 5. The van der Waals surface area contributed by atoms with Crippen molar-refractivity contribution in [3.8, 4) is 17.4 Å². The molecule has 0 aliphatic rings. The summed E-state index contributed by atoms with van der Waals surface area (Å²) < 4.78 is 10.9. The average Bonchev–Trinajstić information content (AvgIpc) is 2.61. The minimum Gasteiger partial charge on any atom is -0.484 e. The molecule has 0 unspecified atom stereocenters. The van der Waals surface area contributed by atoms with Gasteiger partial charge in [-0.2, -0.15) is 0 Å². The molecule has 7 nitrogen and oxygen atoms in total. The SMILES string of the molecule is CC(C)C[C@@H](NC(=O)COc1ccc(Oc2ccccn2)cc1)C(=O)O. The summed E-state index contributed by atoms with van der Waals surface area (Å²) in [7, 11) is 0. The van der Waals surface area contributed by atoms with Crippen molar-refractivity contribution in [2.45, 2.75) is 26.3 Å². The Balaban J connectivity index is 1.83. The molecule has 0 bridgehead atoms. The highest BCUT2D eigenvalue weighted by Crippen LogP contribution is 2.22. The van der Waals surface area contributed by atoms with Crippen LogP contribution >= 0.6 is 0 Å². The van der Waals surface area contributed by atoms with Gasteiger partial charge in [0.15, 0.2) is 6.61 Å². The van der Waals surface area contributed by atoms with Gasteiger partial charge in [0.25, 0.3) is 5.91 Å². The molecule has 1 aromatic heterocycles. The van der Waals surface area contributed by atoms with Crippen molar-refractivity contribution >= 4 is 11.9 Å². The Bertz CT molecular complexity index is 716. The number of carbonyl (C=O) groups is 2. The van der Waals surface area contributed by atoms with Crippen LogP contribution < -0.4 is 14.8 Å². The third-order valence-electron chi connectivity index (χ3n) is 3.39. The summed E-state index contributed by atoms with van der Waals surface area (Å²) >= 11 is 0. The molecule has 1 amide bonds. The van der Waals surface area contributed by atoms with E-state index in [1.807, 2.05) is 19.9 Å². The minimum atomic E-state index is -1.05. The van der Waals surface area contributed by atoms with Crippen LogP contribution in [0.5, 0.6) is 17.4 Å². The molecule has 1 atom stereocenters. The second-order valence-corrected chi connectivity index (χ2v) is 6.12. The molecule has 2 rings (SSSR count). The van der Waals surface area contributed by atoms with Crippen molar-refractivity contribution in [1.29, 1.82) is 0 Å². The van der Waals surface area contributed by atoms with Crippen molar-refractivity contribution in [1.82, 2.24) is 10.3 Å². The number of nitrogens with one attached hydrogen (secondary N) is 1. The minimum absolute atomic E-state index is 0.156. The van der Waals surface area contributed by atoms with E-state index in [9.17, 15) is 9.59 Å². The third kappa shape index (κ3) is 6.43. The number of carbonyl (C=O) groups excluding carboxylic acids is 1. The lowest BCUT2D eigenvalue weighted by molar-refractivity contribution is -0.142. The maximum Gasteiger partial charge on any atom is 0.326 e. The zero-order chi connectivity index (χ0) is 18.9. The van der Waals surface area contributed by atoms with Gasteiger partial charge in [0, 0.05) is 12.3 Å². The van der Waals surface area contributed by atoms with Crippen LogP contribution in [0.15, 0.2) is 48.7 Å². The van der Waals surface area contributed by atoms with Crippen molar-refractivity contribution in [2.24, 2.45) is 5.92 Å². The molecule has 0 spiro atoms. The van der Waals surface area contributed by atoms with E-state index in [4.69, 9.17) is 14.6 Å². The van der Waals surface area contributed by atoms with Crippen molar-refractivity contribution in [3.63, 3.8) is 0 Å². The average molecular weight is 358 g/mol. The second kappa shape index (κ2) is 9.41. The van der Waals surface area contributed by atoms with Gasteiger partial charge in [0.2, 0.25) is 5.88 Å². The number of hydrogen-bond donors (Lipinski definition) is 2. The Morgan fingerprint density at radius 2 is 1.81 bits per heavy atom. The van der Waals surface area contributed by atoms with Gasteiger partial charge in [-0.25, -0.2) is 9.78 Å². The Kier molecular flexibility index (Phi) is 6.96. The number of ether oxygens (including phenoxy) is 2. The standard InChI is InChI=1S/C19H22N2O5/c1-13(2)11-16(19(23)24)21-17(22)12-25-14-6-8-15(9-7-14)26-18-5-3-4-10-20-18/h3-10,13,16H,11-12H2,1-2H3,(H,21,22)(H,23,24)/t16-/m1/s1. The lowest BCUT2D eigenvalue weighted by atomic mass is 10.0. The first-order chi connectivity index (χ1) is 12.4. The molecule has 2 aromatic rings. The maximum absolute atomic E-state index is 11.9. The molecule has 0 saturated heterocycles. The Labute approximate surface area is 152 Å². The summed E-state index contributed by atoms with van der Waals surface area (Å²) in [6.45, 7) is 3.53. The van der Waals surface area contributed by atoms with Crippen LogP contribution in [0.25, 0.3) is 0 Å². The first-order valence-electron chi connectivity index (χ1n) is 8.28. The highest BCUT2D eigenvalue weighted by molar-refractivity contribution is 5.84. The van der Waals surface area contributed by atoms with Gasteiger partial charge in [-0.1, -0.05) is 19.9 Å². The number of carboxylic acid groups (broad SMARTS) is 1. The smallest absolute Gasteiger partial charge is 0.326 e. The van der Waals surface area contributed by atoms with Crippen LogP contribution in [0.4, 0.5) is 0 Å². The van der Waals surface area contributed by atoms with Gasteiger partial charge in [-0.05, 0) is 42.7 Å². The molecule has 1 heterocycles. The van der Waals surface area contributed by atoms with Crippen molar-refractivity contribution in [2.75, 3.05) is 6.61 Å². The number of amides is 1. The number of carboxylic acids is 1. The highest BCUT2D eigenvalue weighted by atomic mass is 16.5. The van der Waals surface area contributed by atoms with Crippen LogP contribution in [0.3, 0.4) is 0 Å². The first-order valence-corrected chi connectivity index (χ1v) is 8.28. The molecular formula is C19H22N2O5. The van der Waals surface area contributed by atoms with Crippen LogP contribution in [-0.2, 0) is 9.59 Å². The molecule has 7 heteroatoms. The topological polar surface area (TPSA) is 97.8 Å². The molecule has 26 heavy (non-hydrogen) atoms. The quantitative estimate of drug-likeness (QED) is 0.715. The Morgan fingerprint density at radius 3 is 2.38 bits per heavy atom. The number of benzene rings is 1. The van der Waals surface area contributed by atoms with E-state index in [-0.39, 0.29) is 12.5 Å². The largest absolute Gasteiger partial charge is 0.484 e. The summed E-state index contributed by atoms with van der Waals surface area (Å²) in [5, 5.41) is 11.6. The van der Waals surface area contributed by atoms with Gasteiger partial charge in [-0.3, -0.25) is 4.79 Å². The zero-order valence-electron chi connectivity index (χ0n) is 14.7. The number of aromatic nitrogens is 1. The number of pyridine rings is 1. The fourth-order valence-corrected chi connectivity index (χ4v) is 2.21. The molecule has 0 aliphatic carbocycles. The van der Waals surface area contributed by atoms with Crippen LogP contribution in [0.1, 0.15) is 20.3 Å². The molecular weight excluding hydrogens is 336 g/mol. The lowest BCUT2D eigenvalue weighted by Gasteiger charge is -2.16. The highest BCUT2D eigenvalue weighted by Gasteiger charge is 2.21. The zero-order valence-corrected chi connectivity index (χ0v) is 14.7. The summed E-state index contributed by atoms with van der Waals surface area (Å²) in [6.07, 6.45) is 2.00. The monoisotopic (exact) mass is 358 g/mol. The maximum atomic E-state index is 11.9. The summed E-state index contributed by atoms with van der Waals surface area (Å²) in [5.41, 5.74) is 0. The van der Waals surface area contributed by atoms with E-state index in [1.54, 1.807) is 42.6 Å². The lowest BCUT2D eigenvalue weighted by Crippen LogP contribution is -2.43. The van der Waals surface area contributed by atoms with E-state index < -0.39 is 17.9 Å². The first kappa shape index (κ1) is 19.2. The van der Waals surface area contributed by atoms with E-state index >= 15 is 0 Å². The molecule has 0 aliphatic heterocycles. The second-order valence-electron chi connectivity index (χ2n) is 6.12. The van der Waals surface area contributed by atoms with Crippen LogP contribution in [0.2, 0.25) is 0 Å². The normalized spacial score (nSPS) is 11.7. The van der Waals surface area contributed by atoms with Gasteiger partial charge < -0.3 is 19.9 Å². The molecule has 1 aromatic carbocycles. The van der Waals surface area contributed by atoms with Gasteiger partial charge in [0.05, 0.1) is 0 Å². The van der Waals surface area contributed by atoms with E-state index in [2.05, 4.69) is 10.3 Å². The molecule has 0 radical (unpaired) electrons. The van der Waals surface area contributed by atoms with Crippen LogP contribution in [-0.4, -0.2) is 34.6 Å². The van der Waals surface area contributed by atoms with E-state index in [0.29, 0.717) is 23.8 Å². The summed E-state index contributed by atoms with van der Waals surface area (Å²) in [5.74, 6) is 0.164. The predicted molar refractivity (Wildman–Crippen MR) is 95.3 cm³/mol. The van der Waals surface area contributed by atoms with Gasteiger partial charge >= 0.3 is 5.97 Å². The molecule has 2 N–H and O–H groups in total. The van der Waals surface area contributed by atoms with Crippen molar-refractivity contribution < 1.29 is 24.2 Å². The summed E-state index contributed by atoms with van der Waals surface area (Å²) in [6, 6.07) is 11.2. The summed E-state index contributed by atoms with van der Waals surface area (Å²) in [4.78, 5) is 27.1. The van der Waals surface area contributed by atoms with Crippen LogP contribution in [0, 0.1) is 5.92 Å². The number of rotatable bonds is 9. The Hall–Kier alpha value is -3.09. The molecule has 0 saturated carbocycles. The number of aliphatic carboxylic acids is 1. The number of nitrogens with zero attached hydrogens (tertiary/aromatic N) is 1. The molecule has 0 fully saturated rings. The predicted octanol–water partition coefficient (Wildman–Crippen LogP) is 2.87. The van der Waals surface area contributed by atoms with Crippen molar-refractivity contribution in [3.05, 3.63) is 48.7 Å². The Morgan fingerprint density at radius 1 is 1.12 bits per heavy atom. The van der Waals surface area contributed by atoms with E-state index in [0.717, 1.165) is 0 Å². The fourth-order valence-electron chi connectivity index (χ4n) is 2.21. The van der Waals surface area contributed by atoms with E-state index in [1.165, 1.54) is 0 Å². The fraction of sp³-hybridized carbons (Fsp3) is 0.316. The van der Waals surface area contributed by atoms with Gasteiger partial charge in [0.1, 0.15) is 17.5 Å². The molecule has 138 valence electrons. The van der Waals surface area contributed by atoms with Gasteiger partial charge in [-0.15, -0.1) is 0 Å².